The summed E-state index contributed by atoms with van der Waals surface area (Å²) in [5.41, 5.74) is 0. The lowest BCUT2D eigenvalue weighted by Crippen LogP contribution is -2.29. The summed E-state index contributed by atoms with van der Waals surface area (Å²) in [5.74, 6) is -0.921. The predicted octanol–water partition coefficient (Wildman–Crippen LogP) is 12.2. The molecule has 330 valence electrons. The summed E-state index contributed by atoms with van der Waals surface area (Å²) in [6, 6.07) is 0. The summed E-state index contributed by atoms with van der Waals surface area (Å²) in [6.07, 6.45) is 41.5. The largest absolute Gasteiger partial charge is 0.472 e. The minimum Gasteiger partial charge on any atom is -0.462 e. The molecule has 0 aliphatic heterocycles. The Labute approximate surface area is 342 Å². The van der Waals surface area contributed by atoms with E-state index >= 15 is 0 Å². The van der Waals surface area contributed by atoms with E-state index in [1.807, 2.05) is 0 Å². The molecule has 0 rings (SSSR count). The van der Waals surface area contributed by atoms with E-state index in [4.69, 9.17) is 19.1 Å². The van der Waals surface area contributed by atoms with Gasteiger partial charge in [0.25, 0.3) is 0 Å². The second-order valence-corrected chi connectivity index (χ2v) is 16.9. The van der Waals surface area contributed by atoms with Crippen LogP contribution in [0.2, 0.25) is 0 Å². The normalized spacial score (nSPS) is 14.0. The summed E-state index contributed by atoms with van der Waals surface area (Å²) >= 11 is 0. The van der Waals surface area contributed by atoms with E-state index in [0.717, 1.165) is 44.9 Å². The van der Waals surface area contributed by atoms with Crippen molar-refractivity contribution in [2.45, 2.75) is 225 Å². The summed E-state index contributed by atoms with van der Waals surface area (Å²) in [6.45, 7) is 2.37. The number of unbranched alkanes of at least 4 members (excludes halogenated alkanes) is 25. The molecule has 0 aromatic rings. The second kappa shape index (κ2) is 41.6. The fourth-order valence-electron chi connectivity index (χ4n) is 6.32. The highest BCUT2D eigenvalue weighted by atomic mass is 31.2. The predicted molar refractivity (Wildman–Crippen MR) is 228 cm³/mol. The number of ether oxygens (including phenoxy) is 2. The van der Waals surface area contributed by atoms with Gasteiger partial charge in [-0.25, -0.2) is 4.57 Å². The van der Waals surface area contributed by atoms with Crippen LogP contribution >= 0.6 is 7.82 Å². The quantitative estimate of drug-likeness (QED) is 0.0235. The Morgan fingerprint density at radius 2 is 0.929 bits per heavy atom. The van der Waals surface area contributed by atoms with E-state index in [-0.39, 0.29) is 19.4 Å². The molecule has 10 nitrogen and oxygen atoms in total. The van der Waals surface area contributed by atoms with E-state index in [0.29, 0.717) is 12.8 Å². The first-order chi connectivity index (χ1) is 27.2. The molecular weight excluding hydrogens is 731 g/mol. The van der Waals surface area contributed by atoms with Crippen LogP contribution in [0, 0.1) is 0 Å². The number of carbonyl (C=O) groups is 2. The fourth-order valence-corrected chi connectivity index (χ4v) is 7.11. The van der Waals surface area contributed by atoms with Gasteiger partial charge in [0.05, 0.1) is 19.8 Å². The average molecular weight is 817 g/mol. The van der Waals surface area contributed by atoms with Crippen molar-refractivity contribution in [2.75, 3.05) is 26.4 Å². The highest BCUT2D eigenvalue weighted by Gasteiger charge is 2.27. The van der Waals surface area contributed by atoms with Gasteiger partial charge in [-0.15, -0.1) is 0 Å². The maximum Gasteiger partial charge on any atom is 0.472 e. The third-order valence-electron chi connectivity index (χ3n) is 9.86. The van der Waals surface area contributed by atoms with Crippen LogP contribution in [0.3, 0.4) is 0 Å². The van der Waals surface area contributed by atoms with Crippen molar-refractivity contribution < 1.29 is 47.8 Å². The summed E-state index contributed by atoms with van der Waals surface area (Å²) < 4.78 is 32.7. The standard InChI is InChI=1S/C45H85O10P/c1-3-5-7-9-11-13-15-16-17-18-19-20-21-22-23-24-25-26-27-29-31-33-35-37-45(49)55-43(41-54-56(50,51)53-39-42(47)38-46)40-52-44(48)36-34-32-30-28-14-12-10-8-6-4-2/h15-16,18-19,42-43,46-47H,3-14,17,20-41H2,1-2H3,(H,50,51)/b16-15-,19-18-. The summed E-state index contributed by atoms with van der Waals surface area (Å²) in [5, 5.41) is 18.3. The van der Waals surface area contributed by atoms with E-state index in [1.165, 1.54) is 128 Å². The molecule has 3 unspecified atom stereocenters. The van der Waals surface area contributed by atoms with Gasteiger partial charge in [-0.2, -0.15) is 0 Å². The van der Waals surface area contributed by atoms with Gasteiger partial charge in [0.2, 0.25) is 0 Å². The maximum atomic E-state index is 12.6. The van der Waals surface area contributed by atoms with Gasteiger partial charge < -0.3 is 24.6 Å². The number of hydrogen-bond acceptors (Lipinski definition) is 9. The van der Waals surface area contributed by atoms with Crippen LogP contribution < -0.4 is 0 Å². The molecule has 0 saturated carbocycles. The second-order valence-electron chi connectivity index (χ2n) is 15.4. The zero-order chi connectivity index (χ0) is 41.2. The Kier molecular flexibility index (Phi) is 40.5. The molecule has 56 heavy (non-hydrogen) atoms. The van der Waals surface area contributed by atoms with E-state index in [9.17, 15) is 24.2 Å². The third kappa shape index (κ3) is 40.6. The van der Waals surface area contributed by atoms with Crippen molar-refractivity contribution >= 4 is 19.8 Å². The van der Waals surface area contributed by atoms with E-state index in [2.05, 4.69) is 42.7 Å². The van der Waals surface area contributed by atoms with Crippen molar-refractivity contribution in [1.29, 1.82) is 0 Å². The van der Waals surface area contributed by atoms with Crippen LogP contribution in [-0.2, 0) is 32.7 Å². The minimum absolute atomic E-state index is 0.185. The number of rotatable bonds is 43. The minimum atomic E-state index is -4.61. The Morgan fingerprint density at radius 1 is 0.536 bits per heavy atom. The number of aliphatic hydroxyl groups is 2. The first-order valence-corrected chi connectivity index (χ1v) is 24.3. The molecule has 0 fully saturated rings. The molecular formula is C45H85O10P. The molecule has 0 amide bonds. The zero-order valence-corrected chi connectivity index (χ0v) is 36.8. The first kappa shape index (κ1) is 54.5. The van der Waals surface area contributed by atoms with Crippen LogP contribution in [-0.4, -0.2) is 65.7 Å². The highest BCUT2D eigenvalue weighted by molar-refractivity contribution is 7.47. The number of carbonyl (C=O) groups excluding carboxylic acids is 2. The number of esters is 2. The van der Waals surface area contributed by atoms with E-state index < -0.39 is 51.8 Å². The molecule has 0 aromatic heterocycles. The van der Waals surface area contributed by atoms with Crippen LogP contribution in [0.15, 0.2) is 24.3 Å². The fraction of sp³-hybridized carbons (Fsp3) is 0.867. The first-order valence-electron chi connectivity index (χ1n) is 22.8. The van der Waals surface area contributed by atoms with Crippen LogP contribution in [0.4, 0.5) is 0 Å². The lowest BCUT2D eigenvalue weighted by Gasteiger charge is -2.20. The van der Waals surface area contributed by atoms with Crippen molar-refractivity contribution in [3.8, 4) is 0 Å². The number of phosphoric acid groups is 1. The zero-order valence-electron chi connectivity index (χ0n) is 35.9. The van der Waals surface area contributed by atoms with Gasteiger partial charge >= 0.3 is 19.8 Å². The SMILES string of the molecule is CCCCCCC/C=C\C/C=C\CCCCCCCCCCCCCC(=O)OC(COC(=O)CCCCCCCCCCCC)COP(=O)(O)OCC(O)CO. The van der Waals surface area contributed by atoms with Gasteiger partial charge in [-0.1, -0.05) is 179 Å². The van der Waals surface area contributed by atoms with Crippen molar-refractivity contribution in [1.82, 2.24) is 0 Å². The smallest absolute Gasteiger partial charge is 0.462 e. The summed E-state index contributed by atoms with van der Waals surface area (Å²) in [7, 11) is -4.61. The number of aliphatic hydroxyl groups excluding tert-OH is 2. The number of phosphoric ester groups is 1. The molecule has 0 heterocycles. The van der Waals surface area contributed by atoms with Crippen LogP contribution in [0.25, 0.3) is 0 Å². The lowest BCUT2D eigenvalue weighted by atomic mass is 10.0. The van der Waals surface area contributed by atoms with Gasteiger partial charge in [-0.05, 0) is 44.9 Å². The van der Waals surface area contributed by atoms with Crippen molar-refractivity contribution in [3.05, 3.63) is 24.3 Å². The summed E-state index contributed by atoms with van der Waals surface area (Å²) in [4.78, 5) is 34.9. The van der Waals surface area contributed by atoms with E-state index in [1.54, 1.807) is 0 Å². The number of hydrogen-bond donors (Lipinski definition) is 3. The Bertz CT molecular complexity index is 988. The van der Waals surface area contributed by atoms with Gasteiger partial charge in [-0.3, -0.25) is 18.6 Å². The molecule has 0 radical (unpaired) electrons. The molecule has 0 bridgehead atoms. The molecule has 0 aliphatic rings. The van der Waals surface area contributed by atoms with Gasteiger partial charge in [0.1, 0.15) is 12.7 Å². The van der Waals surface area contributed by atoms with Crippen molar-refractivity contribution in [3.63, 3.8) is 0 Å². The third-order valence-corrected chi connectivity index (χ3v) is 10.8. The molecule has 0 spiro atoms. The Morgan fingerprint density at radius 3 is 1.38 bits per heavy atom. The highest BCUT2D eigenvalue weighted by Crippen LogP contribution is 2.43. The molecule has 11 heteroatoms. The van der Waals surface area contributed by atoms with Gasteiger partial charge in [0, 0.05) is 12.8 Å². The number of allylic oxidation sites excluding steroid dienone is 4. The topological polar surface area (TPSA) is 149 Å². The van der Waals surface area contributed by atoms with Crippen molar-refractivity contribution in [2.24, 2.45) is 0 Å². The monoisotopic (exact) mass is 817 g/mol. The maximum absolute atomic E-state index is 12.6. The average Bonchev–Trinajstić information content (AvgIpc) is 3.19. The Hall–Kier alpha value is -1.55. The molecule has 3 atom stereocenters. The molecule has 0 aromatic carbocycles. The molecule has 0 saturated heterocycles. The van der Waals surface area contributed by atoms with Crippen LogP contribution in [0.1, 0.15) is 213 Å². The van der Waals surface area contributed by atoms with Gasteiger partial charge in [0.15, 0.2) is 6.10 Å². The molecule has 3 N–H and O–H groups in total. The van der Waals surface area contributed by atoms with Crippen LogP contribution in [0.5, 0.6) is 0 Å². The Balaban J connectivity index is 4.15. The lowest BCUT2D eigenvalue weighted by molar-refractivity contribution is -0.161. The molecule has 0 aliphatic carbocycles.